The molecule has 20 heavy (non-hydrogen) atoms. The van der Waals surface area contributed by atoms with Crippen LogP contribution in [0, 0.1) is 19.3 Å². The average molecular weight is 277 g/mol. The maximum Gasteiger partial charge on any atom is 0.310 e. The van der Waals surface area contributed by atoms with Crippen LogP contribution in [0.15, 0.2) is 6.20 Å². The van der Waals surface area contributed by atoms with Gasteiger partial charge in [-0.15, -0.1) is 0 Å². The van der Waals surface area contributed by atoms with Crippen molar-refractivity contribution in [1.82, 2.24) is 4.98 Å². The minimum atomic E-state index is -0.682. The first-order valence-electron chi connectivity index (χ1n) is 7.22. The van der Waals surface area contributed by atoms with Crippen LogP contribution in [0.4, 0.5) is 0 Å². The highest BCUT2D eigenvalue weighted by molar-refractivity contribution is 5.75. The van der Waals surface area contributed by atoms with Crippen LogP contribution < -0.4 is 4.74 Å². The van der Waals surface area contributed by atoms with Crippen molar-refractivity contribution in [3.63, 3.8) is 0 Å². The van der Waals surface area contributed by atoms with Gasteiger partial charge in [-0.2, -0.15) is 0 Å². The maximum atomic E-state index is 11.8. The van der Waals surface area contributed by atoms with Crippen LogP contribution in [0.5, 0.6) is 5.75 Å². The Balaban J connectivity index is 2.34. The molecule has 0 aliphatic heterocycles. The second-order valence-corrected chi connectivity index (χ2v) is 5.87. The van der Waals surface area contributed by atoms with E-state index in [9.17, 15) is 9.90 Å². The summed E-state index contributed by atoms with van der Waals surface area (Å²) in [7, 11) is 1.65. The van der Waals surface area contributed by atoms with Gasteiger partial charge in [0.1, 0.15) is 5.75 Å². The summed E-state index contributed by atoms with van der Waals surface area (Å²) in [5.41, 5.74) is 2.17. The lowest BCUT2D eigenvalue weighted by Crippen LogP contribution is -2.36. The van der Waals surface area contributed by atoms with Crippen LogP contribution in [0.3, 0.4) is 0 Å². The van der Waals surface area contributed by atoms with Crippen LogP contribution in [0.1, 0.15) is 48.9 Å². The molecule has 4 heteroatoms. The minimum absolute atomic E-state index is 0.505. The van der Waals surface area contributed by atoms with E-state index in [1.807, 2.05) is 13.8 Å². The number of carbonyl (C=O) groups is 1. The van der Waals surface area contributed by atoms with Crippen molar-refractivity contribution in [3.8, 4) is 5.75 Å². The number of aromatic nitrogens is 1. The van der Waals surface area contributed by atoms with Crippen molar-refractivity contribution in [3.05, 3.63) is 23.0 Å². The topological polar surface area (TPSA) is 59.4 Å². The predicted molar refractivity (Wildman–Crippen MR) is 77.1 cm³/mol. The number of nitrogens with zero attached hydrogens (tertiary/aromatic N) is 1. The third kappa shape index (κ3) is 2.65. The number of hydrogen-bond acceptors (Lipinski definition) is 3. The van der Waals surface area contributed by atoms with E-state index in [-0.39, 0.29) is 0 Å². The molecule has 0 saturated heterocycles. The second kappa shape index (κ2) is 5.81. The summed E-state index contributed by atoms with van der Waals surface area (Å²) in [6.45, 7) is 3.92. The number of aliphatic carboxylic acids is 1. The highest BCUT2D eigenvalue weighted by Crippen LogP contribution is 2.40. The number of aryl methyl sites for hydroxylation is 1. The molecule has 0 aromatic carbocycles. The van der Waals surface area contributed by atoms with Crippen LogP contribution in [0.2, 0.25) is 0 Å². The van der Waals surface area contributed by atoms with E-state index >= 15 is 0 Å². The summed E-state index contributed by atoms with van der Waals surface area (Å²) in [4.78, 5) is 16.2. The van der Waals surface area contributed by atoms with Crippen molar-refractivity contribution in [2.24, 2.45) is 5.41 Å². The molecule has 2 rings (SSSR count). The van der Waals surface area contributed by atoms with Crippen molar-refractivity contribution < 1.29 is 14.6 Å². The van der Waals surface area contributed by atoms with E-state index in [0.717, 1.165) is 54.7 Å². The molecule has 1 heterocycles. The SMILES string of the molecule is COc1c(C)cnc(CC2(C(=O)O)CCCCC2)c1C. The van der Waals surface area contributed by atoms with Gasteiger partial charge in [0, 0.05) is 29.4 Å². The average Bonchev–Trinajstić information content (AvgIpc) is 2.43. The van der Waals surface area contributed by atoms with Gasteiger partial charge in [0.15, 0.2) is 0 Å². The zero-order valence-electron chi connectivity index (χ0n) is 12.5. The first-order chi connectivity index (χ1) is 9.50. The van der Waals surface area contributed by atoms with E-state index in [0.29, 0.717) is 6.42 Å². The van der Waals surface area contributed by atoms with Gasteiger partial charge in [0.2, 0.25) is 0 Å². The highest BCUT2D eigenvalue weighted by Gasteiger charge is 2.40. The van der Waals surface area contributed by atoms with Crippen LogP contribution in [-0.2, 0) is 11.2 Å². The van der Waals surface area contributed by atoms with Crippen molar-refractivity contribution in [2.75, 3.05) is 7.11 Å². The molecule has 0 bridgehead atoms. The zero-order valence-corrected chi connectivity index (χ0v) is 12.5. The first kappa shape index (κ1) is 14.8. The summed E-state index contributed by atoms with van der Waals surface area (Å²) in [6, 6.07) is 0. The van der Waals surface area contributed by atoms with Gasteiger partial charge < -0.3 is 9.84 Å². The number of hydrogen-bond donors (Lipinski definition) is 1. The summed E-state index contributed by atoms with van der Waals surface area (Å²) in [5, 5.41) is 9.66. The molecule has 1 N–H and O–H groups in total. The van der Waals surface area contributed by atoms with Gasteiger partial charge in [-0.05, 0) is 26.7 Å². The van der Waals surface area contributed by atoms with Crippen LogP contribution in [0.25, 0.3) is 0 Å². The quantitative estimate of drug-likeness (QED) is 0.917. The number of pyridine rings is 1. The lowest BCUT2D eigenvalue weighted by Gasteiger charge is -2.33. The number of carboxylic acids is 1. The molecule has 0 spiro atoms. The molecular weight excluding hydrogens is 254 g/mol. The van der Waals surface area contributed by atoms with Gasteiger partial charge in [-0.3, -0.25) is 9.78 Å². The first-order valence-corrected chi connectivity index (χ1v) is 7.22. The maximum absolute atomic E-state index is 11.8. The predicted octanol–water partition coefficient (Wildman–Crippen LogP) is 3.28. The smallest absolute Gasteiger partial charge is 0.310 e. The van der Waals surface area contributed by atoms with E-state index in [4.69, 9.17) is 4.74 Å². The Labute approximate surface area is 120 Å². The van der Waals surface area contributed by atoms with Gasteiger partial charge in [0.05, 0.1) is 12.5 Å². The fourth-order valence-electron chi connectivity index (χ4n) is 3.26. The molecule has 1 aromatic heterocycles. The number of methoxy groups -OCH3 is 1. The summed E-state index contributed by atoms with van der Waals surface area (Å²) in [6.07, 6.45) is 6.91. The van der Waals surface area contributed by atoms with Gasteiger partial charge >= 0.3 is 5.97 Å². The molecule has 110 valence electrons. The Morgan fingerprint density at radius 1 is 1.35 bits per heavy atom. The monoisotopic (exact) mass is 277 g/mol. The van der Waals surface area contributed by atoms with E-state index in [2.05, 4.69) is 4.98 Å². The highest BCUT2D eigenvalue weighted by atomic mass is 16.5. The molecule has 1 saturated carbocycles. The fraction of sp³-hybridized carbons (Fsp3) is 0.625. The molecule has 4 nitrogen and oxygen atoms in total. The number of ether oxygens (including phenoxy) is 1. The Bertz CT molecular complexity index is 505. The summed E-state index contributed by atoms with van der Waals surface area (Å²) in [5.74, 6) is 0.143. The van der Waals surface area contributed by atoms with Gasteiger partial charge in [0.25, 0.3) is 0 Å². The third-order valence-electron chi connectivity index (χ3n) is 4.52. The van der Waals surface area contributed by atoms with E-state index in [1.54, 1.807) is 13.3 Å². The number of carboxylic acid groups (broad SMARTS) is 1. The molecule has 1 fully saturated rings. The molecule has 1 aromatic rings. The molecule has 0 atom stereocenters. The van der Waals surface area contributed by atoms with Gasteiger partial charge in [-0.1, -0.05) is 19.3 Å². The van der Waals surface area contributed by atoms with E-state index in [1.165, 1.54) is 0 Å². The Morgan fingerprint density at radius 2 is 2.00 bits per heavy atom. The normalized spacial score (nSPS) is 17.8. The number of rotatable bonds is 4. The molecule has 0 radical (unpaired) electrons. The summed E-state index contributed by atoms with van der Waals surface area (Å²) < 4.78 is 5.41. The molecule has 0 unspecified atom stereocenters. The minimum Gasteiger partial charge on any atom is -0.496 e. The van der Waals surface area contributed by atoms with E-state index < -0.39 is 11.4 Å². The lowest BCUT2D eigenvalue weighted by molar-refractivity contribution is -0.151. The molecule has 0 amide bonds. The van der Waals surface area contributed by atoms with Crippen LogP contribution >= 0.6 is 0 Å². The third-order valence-corrected chi connectivity index (χ3v) is 4.52. The van der Waals surface area contributed by atoms with Gasteiger partial charge in [-0.25, -0.2) is 0 Å². The Morgan fingerprint density at radius 3 is 2.55 bits per heavy atom. The molecule has 1 aliphatic rings. The molecule has 1 aliphatic carbocycles. The Hall–Kier alpha value is -1.58. The second-order valence-electron chi connectivity index (χ2n) is 5.87. The molecular formula is C16H23NO3. The van der Waals surface area contributed by atoms with Crippen molar-refractivity contribution >= 4 is 5.97 Å². The lowest BCUT2D eigenvalue weighted by atomic mass is 9.70. The zero-order chi connectivity index (χ0) is 14.8. The fourth-order valence-corrected chi connectivity index (χ4v) is 3.26. The van der Waals surface area contributed by atoms with Crippen LogP contribution in [-0.4, -0.2) is 23.2 Å². The standard InChI is InChI=1S/C16H23NO3/c1-11-10-17-13(12(2)14(11)20-3)9-16(15(18)19)7-5-4-6-8-16/h10H,4-9H2,1-3H3,(H,18,19). The van der Waals surface area contributed by atoms with Crippen molar-refractivity contribution in [2.45, 2.75) is 52.4 Å². The Kier molecular flexibility index (Phi) is 4.31. The summed E-state index contributed by atoms with van der Waals surface area (Å²) >= 11 is 0. The largest absolute Gasteiger partial charge is 0.496 e. The van der Waals surface area contributed by atoms with Crippen molar-refractivity contribution in [1.29, 1.82) is 0 Å².